The number of aromatic nitrogens is 3. The van der Waals surface area contributed by atoms with Crippen molar-refractivity contribution < 1.29 is 0 Å². The highest BCUT2D eigenvalue weighted by atomic mass is 35.5. The Bertz CT molecular complexity index is 678. The predicted octanol–water partition coefficient (Wildman–Crippen LogP) is 3.35. The van der Waals surface area contributed by atoms with Gasteiger partial charge in [0.15, 0.2) is 0 Å². The van der Waals surface area contributed by atoms with E-state index in [0.29, 0.717) is 18.0 Å². The van der Waals surface area contributed by atoms with Gasteiger partial charge in [0.2, 0.25) is 11.9 Å². The van der Waals surface area contributed by atoms with Crippen molar-refractivity contribution in [3.63, 3.8) is 0 Å². The first kappa shape index (κ1) is 19.0. The van der Waals surface area contributed by atoms with Crippen molar-refractivity contribution in [2.75, 3.05) is 30.3 Å². The second kappa shape index (κ2) is 8.73. The Hall–Kier alpha value is -1.79. The van der Waals surface area contributed by atoms with Crippen LogP contribution in [-0.4, -0.2) is 51.8 Å². The SMILES string of the molecule is CCC(Cc1ccc(Cl)cc1)N(CC)C1CCN(c2n[nH]c(N)n2)CC1. The summed E-state index contributed by atoms with van der Waals surface area (Å²) in [5.74, 6) is 1.10. The van der Waals surface area contributed by atoms with Crippen molar-refractivity contribution in [3.05, 3.63) is 34.9 Å². The first-order valence-corrected chi connectivity index (χ1v) is 9.91. The lowest BCUT2D eigenvalue weighted by Gasteiger charge is -2.41. The van der Waals surface area contributed by atoms with Gasteiger partial charge >= 0.3 is 0 Å². The van der Waals surface area contributed by atoms with Gasteiger partial charge in [0.25, 0.3) is 0 Å². The van der Waals surface area contributed by atoms with Crippen LogP contribution in [0.2, 0.25) is 5.02 Å². The summed E-state index contributed by atoms with van der Waals surface area (Å²) in [5, 5.41) is 7.71. The first-order chi connectivity index (χ1) is 12.6. The minimum Gasteiger partial charge on any atom is -0.368 e. The molecule has 2 aromatic rings. The third kappa shape index (κ3) is 4.48. The Labute approximate surface area is 160 Å². The minimum atomic E-state index is 0.381. The average Bonchev–Trinajstić information content (AvgIpc) is 3.10. The van der Waals surface area contributed by atoms with Gasteiger partial charge in [0, 0.05) is 30.2 Å². The second-order valence-electron chi connectivity index (χ2n) is 6.96. The molecule has 1 atom stereocenters. The number of H-pyrrole nitrogens is 1. The monoisotopic (exact) mass is 376 g/mol. The Morgan fingerprint density at radius 3 is 2.50 bits per heavy atom. The highest BCUT2D eigenvalue weighted by molar-refractivity contribution is 6.30. The summed E-state index contributed by atoms with van der Waals surface area (Å²) in [7, 11) is 0. The number of aromatic amines is 1. The molecule has 142 valence electrons. The fourth-order valence-corrected chi connectivity index (χ4v) is 4.13. The molecular formula is C19H29ClN6. The highest BCUT2D eigenvalue weighted by Crippen LogP contribution is 2.24. The number of piperidine rings is 1. The molecule has 1 aromatic carbocycles. The van der Waals surface area contributed by atoms with E-state index in [0.717, 1.165) is 56.3 Å². The number of nitrogens with one attached hydrogen (secondary N) is 1. The zero-order chi connectivity index (χ0) is 18.5. The maximum Gasteiger partial charge on any atom is 0.246 e. The number of likely N-dealkylation sites (N-methyl/N-ethyl adjacent to an activating group) is 1. The van der Waals surface area contributed by atoms with Crippen molar-refractivity contribution in [2.45, 2.75) is 51.6 Å². The van der Waals surface area contributed by atoms with E-state index in [4.69, 9.17) is 17.3 Å². The van der Waals surface area contributed by atoms with Crippen LogP contribution in [0.5, 0.6) is 0 Å². The first-order valence-electron chi connectivity index (χ1n) is 9.53. The Balaban J connectivity index is 1.61. The Morgan fingerprint density at radius 1 is 1.27 bits per heavy atom. The molecule has 26 heavy (non-hydrogen) atoms. The lowest BCUT2D eigenvalue weighted by Crippen LogP contribution is -2.49. The van der Waals surface area contributed by atoms with E-state index < -0.39 is 0 Å². The van der Waals surface area contributed by atoms with E-state index in [1.54, 1.807) is 0 Å². The number of rotatable bonds is 7. The highest BCUT2D eigenvalue weighted by Gasteiger charge is 2.29. The van der Waals surface area contributed by atoms with E-state index in [1.807, 2.05) is 12.1 Å². The lowest BCUT2D eigenvalue weighted by atomic mass is 9.96. The van der Waals surface area contributed by atoms with Crippen LogP contribution < -0.4 is 10.6 Å². The molecule has 3 rings (SSSR count). The van der Waals surface area contributed by atoms with Crippen LogP contribution in [0.15, 0.2) is 24.3 Å². The molecule has 1 aliphatic rings. The van der Waals surface area contributed by atoms with Gasteiger partial charge < -0.3 is 10.6 Å². The molecule has 0 amide bonds. The molecule has 0 bridgehead atoms. The molecule has 3 N–H and O–H groups in total. The van der Waals surface area contributed by atoms with Crippen molar-refractivity contribution in [2.24, 2.45) is 0 Å². The van der Waals surface area contributed by atoms with Crippen molar-refractivity contribution >= 4 is 23.5 Å². The number of halogens is 1. The molecule has 1 aromatic heterocycles. The summed E-state index contributed by atoms with van der Waals surface area (Å²) in [6.07, 6.45) is 4.46. The number of nitrogen functional groups attached to an aromatic ring is 1. The van der Waals surface area contributed by atoms with Crippen molar-refractivity contribution in [1.29, 1.82) is 0 Å². The maximum atomic E-state index is 6.02. The molecule has 1 saturated heterocycles. The molecule has 0 spiro atoms. The summed E-state index contributed by atoms with van der Waals surface area (Å²) < 4.78 is 0. The molecule has 1 unspecified atom stereocenters. The van der Waals surface area contributed by atoms with E-state index in [1.165, 1.54) is 5.56 Å². The smallest absolute Gasteiger partial charge is 0.246 e. The molecule has 6 nitrogen and oxygen atoms in total. The van der Waals surface area contributed by atoms with E-state index >= 15 is 0 Å². The van der Waals surface area contributed by atoms with Crippen LogP contribution >= 0.6 is 11.6 Å². The van der Waals surface area contributed by atoms with Crippen molar-refractivity contribution in [3.8, 4) is 0 Å². The Morgan fingerprint density at radius 2 is 1.96 bits per heavy atom. The lowest BCUT2D eigenvalue weighted by molar-refractivity contribution is 0.116. The topological polar surface area (TPSA) is 74.1 Å². The molecule has 1 fully saturated rings. The summed E-state index contributed by atoms with van der Waals surface area (Å²) in [5.41, 5.74) is 7.01. The van der Waals surface area contributed by atoms with Gasteiger partial charge in [-0.3, -0.25) is 4.90 Å². The molecular weight excluding hydrogens is 348 g/mol. The number of hydrogen-bond acceptors (Lipinski definition) is 5. The number of benzene rings is 1. The van der Waals surface area contributed by atoms with Crippen LogP contribution in [0.4, 0.5) is 11.9 Å². The molecule has 1 aliphatic heterocycles. The summed E-state index contributed by atoms with van der Waals surface area (Å²) in [4.78, 5) is 9.15. The zero-order valence-electron chi connectivity index (χ0n) is 15.7. The van der Waals surface area contributed by atoms with Gasteiger partial charge in [-0.05, 0) is 49.9 Å². The number of nitrogens with two attached hydrogens (primary N) is 1. The van der Waals surface area contributed by atoms with Gasteiger partial charge in [-0.15, -0.1) is 5.10 Å². The zero-order valence-corrected chi connectivity index (χ0v) is 16.4. The molecule has 2 heterocycles. The summed E-state index contributed by atoms with van der Waals surface area (Å²) in [6.45, 7) is 7.57. The Kier molecular flexibility index (Phi) is 6.38. The van der Waals surface area contributed by atoms with Crippen LogP contribution in [0.1, 0.15) is 38.7 Å². The van der Waals surface area contributed by atoms with E-state index in [2.05, 4.69) is 51.0 Å². The average molecular weight is 377 g/mol. The van der Waals surface area contributed by atoms with Crippen LogP contribution in [-0.2, 0) is 6.42 Å². The largest absolute Gasteiger partial charge is 0.368 e. The second-order valence-corrected chi connectivity index (χ2v) is 7.40. The fourth-order valence-electron chi connectivity index (χ4n) is 4.01. The summed E-state index contributed by atoms with van der Waals surface area (Å²) >= 11 is 6.02. The molecule has 0 radical (unpaired) electrons. The normalized spacial score (nSPS) is 17.0. The molecule has 0 aliphatic carbocycles. The number of hydrogen-bond donors (Lipinski definition) is 2. The van der Waals surface area contributed by atoms with Gasteiger partial charge in [-0.1, -0.05) is 37.6 Å². The fraction of sp³-hybridized carbons (Fsp3) is 0.579. The van der Waals surface area contributed by atoms with Gasteiger partial charge in [-0.25, -0.2) is 5.10 Å². The van der Waals surface area contributed by atoms with Crippen LogP contribution in [0.3, 0.4) is 0 Å². The van der Waals surface area contributed by atoms with Crippen molar-refractivity contribution in [1.82, 2.24) is 20.1 Å². The van der Waals surface area contributed by atoms with Gasteiger partial charge in [0.1, 0.15) is 0 Å². The van der Waals surface area contributed by atoms with E-state index in [-0.39, 0.29) is 0 Å². The van der Waals surface area contributed by atoms with E-state index in [9.17, 15) is 0 Å². The minimum absolute atomic E-state index is 0.381. The summed E-state index contributed by atoms with van der Waals surface area (Å²) in [6, 6.07) is 9.42. The maximum absolute atomic E-state index is 6.02. The third-order valence-corrected chi connectivity index (χ3v) is 5.65. The molecule has 7 heteroatoms. The third-order valence-electron chi connectivity index (χ3n) is 5.40. The predicted molar refractivity (Wildman–Crippen MR) is 108 cm³/mol. The molecule has 0 saturated carbocycles. The number of anilines is 2. The standard InChI is InChI=1S/C19H29ClN6/c1-3-16(13-14-5-7-15(20)8-6-14)26(4-2)17-9-11-25(12-10-17)19-22-18(21)23-24-19/h5-8,16-17H,3-4,9-13H2,1-2H3,(H3,21,22,23,24). The quantitative estimate of drug-likeness (QED) is 0.775. The van der Waals surface area contributed by atoms with Crippen LogP contribution in [0, 0.1) is 0 Å². The van der Waals surface area contributed by atoms with Gasteiger partial charge in [0.05, 0.1) is 0 Å². The van der Waals surface area contributed by atoms with Gasteiger partial charge in [-0.2, -0.15) is 4.98 Å². The van der Waals surface area contributed by atoms with Crippen LogP contribution in [0.25, 0.3) is 0 Å². The number of nitrogens with zero attached hydrogens (tertiary/aromatic N) is 4.